The minimum Gasteiger partial charge on any atom is -0.481 e. The number of rotatable bonds is 4. The Bertz CT molecular complexity index is 514. The normalized spacial score (nSPS) is 19.3. The Labute approximate surface area is 117 Å². The van der Waals surface area contributed by atoms with E-state index >= 15 is 0 Å². The van der Waals surface area contributed by atoms with E-state index in [9.17, 15) is 14.7 Å². The second-order valence-corrected chi connectivity index (χ2v) is 4.69. The zero-order chi connectivity index (χ0) is 14.7. The highest BCUT2D eigenvalue weighted by Crippen LogP contribution is 2.35. The number of benzene rings is 1. The van der Waals surface area contributed by atoms with Gasteiger partial charge in [-0.1, -0.05) is 18.2 Å². The van der Waals surface area contributed by atoms with Crippen LogP contribution in [0.25, 0.3) is 0 Å². The number of ether oxygens (including phenoxy) is 1. The number of carbonyl (C=O) groups excluding carboxylic acids is 1. The highest BCUT2D eigenvalue weighted by Gasteiger charge is 2.34. The van der Waals surface area contributed by atoms with Crippen molar-refractivity contribution in [2.45, 2.75) is 18.4 Å². The molecular weight excluding hydrogens is 260 g/mol. The molecule has 1 aromatic rings. The van der Waals surface area contributed by atoms with Crippen molar-refractivity contribution >= 4 is 17.6 Å². The van der Waals surface area contributed by atoms with Crippen LogP contribution in [0, 0.1) is 0 Å². The Morgan fingerprint density at radius 3 is 2.80 bits per heavy atom. The van der Waals surface area contributed by atoms with E-state index in [4.69, 9.17) is 10.5 Å². The highest BCUT2D eigenvalue weighted by molar-refractivity contribution is 5.99. The van der Waals surface area contributed by atoms with Crippen LogP contribution in [0.3, 0.4) is 0 Å². The molecule has 0 fully saturated rings. The molecule has 6 nitrogen and oxygen atoms in total. The number of nitrogens with zero attached hydrogens (tertiary/aromatic N) is 1. The van der Waals surface area contributed by atoms with Crippen LogP contribution in [0.15, 0.2) is 24.3 Å². The summed E-state index contributed by atoms with van der Waals surface area (Å²) in [6.45, 7) is 0.447. The Balaban J connectivity index is 2.36. The molecule has 1 heterocycles. The lowest BCUT2D eigenvalue weighted by molar-refractivity contribution is -0.139. The fourth-order valence-electron chi connectivity index (χ4n) is 2.52. The van der Waals surface area contributed by atoms with Gasteiger partial charge < -0.3 is 20.5 Å². The van der Waals surface area contributed by atoms with Crippen LogP contribution in [0.1, 0.15) is 17.9 Å². The Morgan fingerprint density at radius 1 is 1.50 bits per heavy atom. The molecular formula is C14H18N2O4. The third-order valence-corrected chi connectivity index (χ3v) is 3.58. The van der Waals surface area contributed by atoms with Gasteiger partial charge in [-0.2, -0.15) is 0 Å². The Kier molecular flexibility index (Phi) is 4.36. The molecule has 2 unspecified atom stereocenters. The number of carbonyl (C=O) groups is 2. The highest BCUT2D eigenvalue weighted by atomic mass is 16.5. The summed E-state index contributed by atoms with van der Waals surface area (Å²) >= 11 is 0. The van der Waals surface area contributed by atoms with Crippen molar-refractivity contribution in [2.24, 2.45) is 5.73 Å². The molecule has 108 valence electrons. The first kappa shape index (κ1) is 14.5. The molecule has 2 rings (SSSR count). The molecule has 0 radical (unpaired) electrons. The van der Waals surface area contributed by atoms with Crippen molar-refractivity contribution in [1.29, 1.82) is 0 Å². The maximum Gasteiger partial charge on any atom is 0.311 e. The van der Waals surface area contributed by atoms with Gasteiger partial charge in [-0.3, -0.25) is 9.59 Å². The van der Waals surface area contributed by atoms with Crippen LogP contribution in [0.4, 0.5) is 5.69 Å². The van der Waals surface area contributed by atoms with Gasteiger partial charge in [0.05, 0.1) is 5.92 Å². The fourth-order valence-corrected chi connectivity index (χ4v) is 2.52. The van der Waals surface area contributed by atoms with E-state index in [2.05, 4.69) is 0 Å². The lowest BCUT2D eigenvalue weighted by Crippen LogP contribution is -2.46. The van der Waals surface area contributed by atoms with E-state index in [0.29, 0.717) is 24.2 Å². The quantitative estimate of drug-likeness (QED) is 0.839. The minimum atomic E-state index is -0.869. The van der Waals surface area contributed by atoms with Crippen molar-refractivity contribution < 1.29 is 19.4 Å². The Hall–Kier alpha value is -1.92. The van der Waals surface area contributed by atoms with Crippen LogP contribution in [0.5, 0.6) is 0 Å². The number of anilines is 1. The molecule has 1 amide bonds. The van der Waals surface area contributed by atoms with Gasteiger partial charge in [0.15, 0.2) is 0 Å². The molecule has 20 heavy (non-hydrogen) atoms. The molecule has 0 spiro atoms. The average molecular weight is 278 g/mol. The van der Waals surface area contributed by atoms with Gasteiger partial charge >= 0.3 is 5.97 Å². The molecule has 2 atom stereocenters. The van der Waals surface area contributed by atoms with Gasteiger partial charge in [-0.05, 0) is 18.1 Å². The van der Waals surface area contributed by atoms with Crippen molar-refractivity contribution in [3.63, 3.8) is 0 Å². The number of carboxylic acids is 1. The molecule has 0 saturated heterocycles. The predicted molar refractivity (Wildman–Crippen MR) is 73.6 cm³/mol. The monoisotopic (exact) mass is 278 g/mol. The molecule has 1 aliphatic heterocycles. The van der Waals surface area contributed by atoms with E-state index in [1.165, 1.54) is 7.11 Å². The third kappa shape index (κ3) is 2.52. The molecule has 0 aromatic heterocycles. The maximum absolute atomic E-state index is 12.4. The lowest BCUT2D eigenvalue weighted by Gasteiger charge is -2.34. The van der Waals surface area contributed by atoms with E-state index in [1.807, 2.05) is 0 Å². The van der Waals surface area contributed by atoms with E-state index < -0.39 is 18.0 Å². The van der Waals surface area contributed by atoms with Crippen molar-refractivity contribution in [3.8, 4) is 0 Å². The summed E-state index contributed by atoms with van der Waals surface area (Å²) in [7, 11) is 1.44. The number of fused-ring (bicyclic) bond motifs is 1. The number of carboxylic acid groups (broad SMARTS) is 1. The van der Waals surface area contributed by atoms with Crippen molar-refractivity contribution in [3.05, 3.63) is 29.8 Å². The molecule has 0 bridgehead atoms. The summed E-state index contributed by atoms with van der Waals surface area (Å²) in [4.78, 5) is 25.2. The van der Waals surface area contributed by atoms with Crippen LogP contribution < -0.4 is 10.6 Å². The van der Waals surface area contributed by atoms with Crippen LogP contribution in [0.2, 0.25) is 0 Å². The van der Waals surface area contributed by atoms with Gasteiger partial charge in [0, 0.05) is 25.9 Å². The maximum atomic E-state index is 12.4. The molecule has 0 aliphatic carbocycles. The largest absolute Gasteiger partial charge is 0.481 e. The van der Waals surface area contributed by atoms with Gasteiger partial charge in [-0.25, -0.2) is 0 Å². The Morgan fingerprint density at radius 2 is 2.20 bits per heavy atom. The fraction of sp³-hybridized carbons (Fsp3) is 0.429. The summed E-state index contributed by atoms with van der Waals surface area (Å²) in [5.41, 5.74) is 6.81. The first-order valence-corrected chi connectivity index (χ1v) is 6.46. The van der Waals surface area contributed by atoms with E-state index in [-0.39, 0.29) is 12.5 Å². The zero-order valence-corrected chi connectivity index (χ0v) is 11.3. The third-order valence-electron chi connectivity index (χ3n) is 3.58. The summed E-state index contributed by atoms with van der Waals surface area (Å²) in [6, 6.07) is 7.07. The number of nitrogens with two attached hydrogens (primary N) is 1. The molecule has 1 aliphatic rings. The molecule has 1 aromatic carbocycles. The number of amides is 1. The number of hydrogen-bond donors (Lipinski definition) is 2. The molecule has 0 saturated carbocycles. The molecule has 3 N–H and O–H groups in total. The summed E-state index contributed by atoms with van der Waals surface area (Å²) in [6.07, 6.45) is -0.316. The van der Waals surface area contributed by atoms with Crippen molar-refractivity contribution in [1.82, 2.24) is 0 Å². The first-order valence-electron chi connectivity index (χ1n) is 6.46. The number of para-hydroxylation sites is 1. The SMILES string of the molecule is COC(CN)C(=O)N1CCC(C(=O)O)c2ccccc21. The van der Waals surface area contributed by atoms with Crippen LogP contribution >= 0.6 is 0 Å². The standard InChI is InChI=1S/C14H18N2O4/c1-20-12(8-15)13(17)16-7-6-10(14(18)19)9-4-2-3-5-11(9)16/h2-5,10,12H,6-8,15H2,1H3,(H,18,19). The van der Waals surface area contributed by atoms with Crippen LogP contribution in [-0.2, 0) is 14.3 Å². The predicted octanol–water partition coefficient (Wildman–Crippen LogP) is 0.565. The second kappa shape index (κ2) is 6.02. The first-order chi connectivity index (χ1) is 9.60. The summed E-state index contributed by atoms with van der Waals surface area (Å²) in [5.74, 6) is -1.67. The minimum absolute atomic E-state index is 0.0936. The van der Waals surface area contributed by atoms with Gasteiger partial charge in [0.1, 0.15) is 6.10 Å². The number of methoxy groups -OCH3 is 1. The number of hydrogen-bond acceptors (Lipinski definition) is 4. The van der Waals surface area contributed by atoms with E-state index in [1.54, 1.807) is 29.2 Å². The summed E-state index contributed by atoms with van der Waals surface area (Å²) < 4.78 is 5.07. The lowest BCUT2D eigenvalue weighted by atomic mass is 9.89. The van der Waals surface area contributed by atoms with Crippen molar-refractivity contribution in [2.75, 3.05) is 25.1 Å². The molecule has 6 heteroatoms. The number of aliphatic carboxylic acids is 1. The van der Waals surface area contributed by atoms with E-state index in [0.717, 1.165) is 0 Å². The average Bonchev–Trinajstić information content (AvgIpc) is 2.47. The topological polar surface area (TPSA) is 92.9 Å². The van der Waals surface area contributed by atoms with Gasteiger partial charge in [0.25, 0.3) is 5.91 Å². The smallest absolute Gasteiger partial charge is 0.311 e. The second-order valence-electron chi connectivity index (χ2n) is 4.69. The van der Waals surface area contributed by atoms with Crippen LogP contribution in [-0.4, -0.2) is 43.3 Å². The van der Waals surface area contributed by atoms with Gasteiger partial charge in [-0.15, -0.1) is 0 Å². The zero-order valence-electron chi connectivity index (χ0n) is 11.3. The van der Waals surface area contributed by atoms with Gasteiger partial charge in [0.2, 0.25) is 0 Å². The summed E-state index contributed by atoms with van der Waals surface area (Å²) in [5, 5.41) is 9.26.